The van der Waals surface area contributed by atoms with Gasteiger partial charge in [0.1, 0.15) is 17.1 Å². The summed E-state index contributed by atoms with van der Waals surface area (Å²) >= 11 is 0. The van der Waals surface area contributed by atoms with Crippen molar-refractivity contribution in [1.82, 2.24) is 20.5 Å². The monoisotopic (exact) mass is 620 g/mol. The zero-order chi connectivity index (χ0) is 32.6. The van der Waals surface area contributed by atoms with Gasteiger partial charge in [0, 0.05) is 31.9 Å². The Morgan fingerprint density at radius 2 is 1.73 bits per heavy atom. The summed E-state index contributed by atoms with van der Waals surface area (Å²) in [5.74, 6) is -1.10. The summed E-state index contributed by atoms with van der Waals surface area (Å²) in [6, 6.07) is 7.48. The van der Waals surface area contributed by atoms with Crippen LogP contribution < -0.4 is 10.6 Å². The SMILES string of the molecule is CC(=O)C(c1ccc(O)cc1)c1cncc([C@H](CC(=O)OC(C)(C)C)NC(=O)[C@@H]2CCCN(C(=O)CCC3CCNCC3)C2)c1. The zero-order valence-corrected chi connectivity index (χ0v) is 27.0. The number of hydrogen-bond acceptors (Lipinski definition) is 8. The maximum Gasteiger partial charge on any atom is 0.308 e. The molecule has 244 valence electrons. The highest BCUT2D eigenvalue weighted by molar-refractivity contribution is 5.87. The highest BCUT2D eigenvalue weighted by Crippen LogP contribution is 2.30. The Balaban J connectivity index is 1.50. The van der Waals surface area contributed by atoms with E-state index in [4.69, 9.17) is 4.74 Å². The minimum Gasteiger partial charge on any atom is -0.508 e. The lowest BCUT2D eigenvalue weighted by atomic mass is 9.87. The van der Waals surface area contributed by atoms with Crippen molar-refractivity contribution in [3.8, 4) is 5.75 Å². The average Bonchev–Trinajstić information content (AvgIpc) is 3.00. The van der Waals surface area contributed by atoms with Gasteiger partial charge in [0.25, 0.3) is 0 Å². The van der Waals surface area contributed by atoms with Crippen LogP contribution in [0, 0.1) is 11.8 Å². The topological polar surface area (TPSA) is 138 Å². The number of phenolic OH excluding ortho intramolecular Hbond substituents is 1. The number of carbonyl (C=O) groups is 4. The predicted molar refractivity (Wildman–Crippen MR) is 170 cm³/mol. The van der Waals surface area contributed by atoms with Gasteiger partial charge in [-0.15, -0.1) is 0 Å². The van der Waals surface area contributed by atoms with Crippen molar-refractivity contribution in [2.75, 3.05) is 26.2 Å². The molecule has 0 spiro atoms. The molecule has 1 unspecified atom stereocenters. The molecule has 0 bridgehead atoms. The highest BCUT2D eigenvalue weighted by Gasteiger charge is 2.32. The van der Waals surface area contributed by atoms with Crippen LogP contribution in [0.1, 0.15) is 101 Å². The molecule has 1 aromatic carbocycles. The fourth-order valence-electron chi connectivity index (χ4n) is 6.32. The van der Waals surface area contributed by atoms with Crippen molar-refractivity contribution in [2.24, 2.45) is 11.8 Å². The Bertz CT molecular complexity index is 1330. The Morgan fingerprint density at radius 1 is 1.04 bits per heavy atom. The smallest absolute Gasteiger partial charge is 0.308 e. The molecule has 3 atom stereocenters. The first-order valence-electron chi connectivity index (χ1n) is 16.1. The Kier molecular flexibility index (Phi) is 11.7. The predicted octanol–water partition coefficient (Wildman–Crippen LogP) is 4.42. The maximum atomic E-state index is 13.7. The molecule has 0 saturated carbocycles. The van der Waals surface area contributed by atoms with E-state index in [9.17, 15) is 24.3 Å². The number of phenols is 1. The minimum absolute atomic E-state index is 0.0951. The van der Waals surface area contributed by atoms with Gasteiger partial charge in [0.05, 0.1) is 24.3 Å². The van der Waals surface area contributed by atoms with Gasteiger partial charge in [-0.3, -0.25) is 24.2 Å². The van der Waals surface area contributed by atoms with Gasteiger partial charge in [-0.05, 0) is 114 Å². The molecule has 4 rings (SSSR count). The zero-order valence-electron chi connectivity index (χ0n) is 27.0. The summed E-state index contributed by atoms with van der Waals surface area (Å²) in [5, 5.41) is 16.2. The van der Waals surface area contributed by atoms with Gasteiger partial charge < -0.3 is 25.4 Å². The number of piperidine rings is 2. The second-order valence-corrected chi connectivity index (χ2v) is 13.4. The second kappa shape index (κ2) is 15.5. The summed E-state index contributed by atoms with van der Waals surface area (Å²) < 4.78 is 5.59. The van der Waals surface area contributed by atoms with Gasteiger partial charge in [0.15, 0.2) is 0 Å². The maximum absolute atomic E-state index is 13.7. The third kappa shape index (κ3) is 10.1. The molecule has 2 saturated heterocycles. The fourth-order valence-corrected chi connectivity index (χ4v) is 6.32. The van der Waals surface area contributed by atoms with E-state index in [-0.39, 0.29) is 29.8 Å². The lowest BCUT2D eigenvalue weighted by Crippen LogP contribution is -2.46. The molecule has 2 aliphatic heterocycles. The van der Waals surface area contributed by atoms with Gasteiger partial charge in [-0.25, -0.2) is 0 Å². The van der Waals surface area contributed by atoms with Crippen molar-refractivity contribution in [3.63, 3.8) is 0 Å². The molecule has 0 aliphatic carbocycles. The number of hydrogen-bond donors (Lipinski definition) is 3. The Morgan fingerprint density at radius 3 is 2.40 bits per heavy atom. The summed E-state index contributed by atoms with van der Waals surface area (Å²) in [5.41, 5.74) is 1.17. The van der Waals surface area contributed by atoms with Crippen LogP contribution in [0.25, 0.3) is 0 Å². The van der Waals surface area contributed by atoms with E-state index in [0.717, 1.165) is 38.8 Å². The highest BCUT2D eigenvalue weighted by atomic mass is 16.6. The number of benzene rings is 1. The molecule has 10 heteroatoms. The van der Waals surface area contributed by atoms with Crippen LogP contribution >= 0.6 is 0 Å². The van der Waals surface area contributed by atoms with E-state index in [1.807, 2.05) is 4.90 Å². The van der Waals surface area contributed by atoms with Crippen LogP contribution in [0.4, 0.5) is 0 Å². The van der Waals surface area contributed by atoms with Crippen LogP contribution in [0.5, 0.6) is 5.75 Å². The molecule has 3 heterocycles. The molecule has 1 aromatic heterocycles. The van der Waals surface area contributed by atoms with E-state index in [1.165, 1.54) is 19.1 Å². The first kappa shape index (κ1) is 34.1. The van der Waals surface area contributed by atoms with Gasteiger partial charge in [-0.2, -0.15) is 0 Å². The molecular formula is C35H48N4O6. The quantitative estimate of drug-likeness (QED) is 0.314. The first-order valence-corrected chi connectivity index (χ1v) is 16.1. The lowest BCUT2D eigenvalue weighted by molar-refractivity contribution is -0.155. The number of carbonyl (C=O) groups excluding carboxylic acids is 4. The number of nitrogens with one attached hydrogen (secondary N) is 2. The van der Waals surface area contributed by atoms with Crippen LogP contribution in [-0.2, 0) is 23.9 Å². The third-order valence-electron chi connectivity index (χ3n) is 8.63. The van der Waals surface area contributed by atoms with Gasteiger partial charge in [0.2, 0.25) is 11.8 Å². The normalized spacial score (nSPS) is 18.9. The summed E-state index contributed by atoms with van der Waals surface area (Å²) in [6.07, 6.45) is 8.01. The number of pyridine rings is 1. The molecule has 2 amide bonds. The molecule has 2 aromatic rings. The molecule has 45 heavy (non-hydrogen) atoms. The minimum atomic E-state index is -0.752. The number of ether oxygens (including phenoxy) is 1. The standard InChI is InChI=1S/C35H48N4O6/c1-23(40)33(25-8-10-29(41)11-9-25)28-18-27(20-37-21-28)30(19-32(43)45-35(2,3)4)38-34(44)26-6-5-17-39(22-26)31(42)12-7-24-13-15-36-16-14-24/h8-11,18,20-21,24,26,30,33,36,41H,5-7,12-17,19,22H2,1-4H3,(H,38,44)/t26-,30+,33?/m1/s1. The number of ketones is 1. The summed E-state index contributed by atoms with van der Waals surface area (Å²) in [6.45, 7) is 9.84. The molecular weight excluding hydrogens is 572 g/mol. The van der Waals surface area contributed by atoms with E-state index in [0.29, 0.717) is 48.5 Å². The van der Waals surface area contributed by atoms with Crippen molar-refractivity contribution in [2.45, 2.75) is 90.2 Å². The van der Waals surface area contributed by atoms with Crippen molar-refractivity contribution >= 4 is 23.6 Å². The van der Waals surface area contributed by atoms with Gasteiger partial charge >= 0.3 is 5.97 Å². The third-order valence-corrected chi connectivity index (χ3v) is 8.63. The number of amides is 2. The molecule has 10 nitrogen and oxygen atoms in total. The molecule has 0 radical (unpaired) electrons. The van der Waals surface area contributed by atoms with E-state index < -0.39 is 29.4 Å². The molecule has 3 N–H and O–H groups in total. The van der Waals surface area contributed by atoms with Crippen LogP contribution in [-0.4, -0.2) is 70.3 Å². The summed E-state index contributed by atoms with van der Waals surface area (Å²) in [7, 11) is 0. The van der Waals surface area contributed by atoms with E-state index in [1.54, 1.807) is 51.4 Å². The van der Waals surface area contributed by atoms with Crippen LogP contribution in [0.15, 0.2) is 42.7 Å². The fraction of sp³-hybridized carbons (Fsp3) is 0.571. The largest absolute Gasteiger partial charge is 0.508 e. The second-order valence-electron chi connectivity index (χ2n) is 13.4. The molecule has 2 fully saturated rings. The molecule has 2 aliphatic rings. The van der Waals surface area contributed by atoms with E-state index >= 15 is 0 Å². The van der Waals surface area contributed by atoms with Crippen molar-refractivity contribution in [1.29, 1.82) is 0 Å². The number of likely N-dealkylation sites (tertiary alicyclic amines) is 1. The van der Waals surface area contributed by atoms with E-state index in [2.05, 4.69) is 15.6 Å². The Labute approximate surface area is 266 Å². The van der Waals surface area contributed by atoms with Crippen molar-refractivity contribution in [3.05, 3.63) is 59.4 Å². The summed E-state index contributed by atoms with van der Waals surface area (Å²) in [4.78, 5) is 58.8. The first-order chi connectivity index (χ1) is 21.4. The van der Waals surface area contributed by atoms with Crippen LogP contribution in [0.2, 0.25) is 0 Å². The van der Waals surface area contributed by atoms with Crippen molar-refractivity contribution < 1.29 is 29.0 Å². The van der Waals surface area contributed by atoms with Crippen LogP contribution in [0.3, 0.4) is 0 Å². The number of aromatic nitrogens is 1. The number of aromatic hydroxyl groups is 1. The average molecular weight is 621 g/mol. The lowest BCUT2D eigenvalue weighted by Gasteiger charge is -2.33. The number of Topliss-reactive ketones (excluding diaryl/α,β-unsaturated/α-hetero) is 1. The van der Waals surface area contributed by atoms with Gasteiger partial charge in [-0.1, -0.05) is 12.1 Å². The number of nitrogens with zero attached hydrogens (tertiary/aromatic N) is 2. The number of esters is 1. The number of rotatable bonds is 11. The Hall–Kier alpha value is -3.79.